The van der Waals surface area contributed by atoms with Gasteiger partial charge >= 0.3 is 0 Å². The van der Waals surface area contributed by atoms with E-state index in [9.17, 15) is 8.42 Å². The first-order valence-electron chi connectivity index (χ1n) is 6.37. The molecule has 0 bridgehead atoms. The molecular weight excluding hydrogens is 262 g/mol. The Labute approximate surface area is 115 Å². The molecule has 106 valence electrons. The highest BCUT2D eigenvalue weighted by atomic mass is 32.2. The Morgan fingerprint density at radius 1 is 1.21 bits per heavy atom. The van der Waals surface area contributed by atoms with Crippen LogP contribution in [0.25, 0.3) is 5.14 Å². The van der Waals surface area contributed by atoms with E-state index in [1.807, 2.05) is 6.08 Å². The van der Waals surface area contributed by atoms with Crippen molar-refractivity contribution in [2.75, 3.05) is 6.61 Å². The fourth-order valence-electron chi connectivity index (χ4n) is 1.67. The van der Waals surface area contributed by atoms with Crippen LogP contribution in [-0.2, 0) is 10.0 Å². The molecule has 0 aliphatic rings. The number of rotatable bonds is 9. The maximum absolute atomic E-state index is 11.1. The van der Waals surface area contributed by atoms with Gasteiger partial charge in [0.05, 0.1) is 21.5 Å². The van der Waals surface area contributed by atoms with Crippen molar-refractivity contribution < 1.29 is 13.2 Å². The van der Waals surface area contributed by atoms with E-state index in [-0.39, 0.29) is 4.90 Å². The first-order chi connectivity index (χ1) is 9.04. The molecule has 0 unspecified atom stereocenters. The van der Waals surface area contributed by atoms with Crippen LogP contribution in [0.5, 0.6) is 5.75 Å². The van der Waals surface area contributed by atoms with Gasteiger partial charge in [-0.25, -0.2) is 8.42 Å². The Hall–Kier alpha value is -1.33. The lowest BCUT2D eigenvalue weighted by Crippen LogP contribution is -1.99. The minimum absolute atomic E-state index is 0.0315. The van der Waals surface area contributed by atoms with Crippen LogP contribution >= 0.6 is 0 Å². The van der Waals surface area contributed by atoms with Crippen LogP contribution in [0.2, 0.25) is 0 Å². The number of nitrogens with one attached hydrogen (secondary N) is 1. The second-order valence-electron chi connectivity index (χ2n) is 4.32. The standard InChI is InChI=1S/C14H20NO3S/c1-2-3-4-5-6-7-11-18-13-9-8-10-14(12-13)19(15,16)17/h2,8-10,12H,1,3-7,11H2,(H-,15,16,17)/q-1. The van der Waals surface area contributed by atoms with Crippen LogP contribution in [0.4, 0.5) is 0 Å². The summed E-state index contributed by atoms with van der Waals surface area (Å²) in [6, 6.07) is 6.07. The first kappa shape index (κ1) is 15.7. The van der Waals surface area contributed by atoms with Gasteiger partial charge in [-0.15, -0.1) is 6.58 Å². The summed E-state index contributed by atoms with van der Waals surface area (Å²) in [6.45, 7) is 4.24. The molecule has 1 rings (SSSR count). The number of allylic oxidation sites excluding steroid dienone is 1. The van der Waals surface area contributed by atoms with E-state index < -0.39 is 10.0 Å². The smallest absolute Gasteiger partial charge is 0.120 e. The Bertz CT molecular complexity index is 497. The summed E-state index contributed by atoms with van der Waals surface area (Å²) < 4.78 is 27.6. The van der Waals surface area contributed by atoms with E-state index in [1.54, 1.807) is 12.1 Å². The van der Waals surface area contributed by atoms with E-state index in [1.165, 1.54) is 12.1 Å². The molecule has 0 saturated heterocycles. The zero-order valence-corrected chi connectivity index (χ0v) is 11.8. The molecule has 0 heterocycles. The number of hydrogen-bond donors (Lipinski definition) is 0. The third-order valence-corrected chi connectivity index (χ3v) is 3.56. The first-order valence-corrected chi connectivity index (χ1v) is 7.86. The molecule has 0 saturated carbocycles. The van der Waals surface area contributed by atoms with Crippen LogP contribution in [0.3, 0.4) is 0 Å². The lowest BCUT2D eigenvalue weighted by Gasteiger charge is -2.09. The molecule has 1 aromatic rings. The molecule has 0 fully saturated rings. The summed E-state index contributed by atoms with van der Waals surface area (Å²) in [7, 11) is -3.91. The summed E-state index contributed by atoms with van der Waals surface area (Å²) in [5.41, 5.74) is 0. The minimum atomic E-state index is -3.91. The number of hydrogen-bond acceptors (Lipinski definition) is 3. The largest absolute Gasteiger partial charge is 0.560 e. The third-order valence-electron chi connectivity index (χ3n) is 2.69. The molecule has 0 aromatic heterocycles. The second kappa shape index (κ2) is 7.96. The summed E-state index contributed by atoms with van der Waals surface area (Å²) in [5.74, 6) is 0.499. The van der Waals surface area contributed by atoms with Gasteiger partial charge < -0.3 is 9.88 Å². The third kappa shape index (κ3) is 6.40. The Morgan fingerprint density at radius 2 is 1.95 bits per heavy atom. The highest BCUT2D eigenvalue weighted by molar-refractivity contribution is 7.93. The van der Waals surface area contributed by atoms with Gasteiger partial charge in [0.25, 0.3) is 0 Å². The molecule has 4 nitrogen and oxygen atoms in total. The highest BCUT2D eigenvalue weighted by Gasteiger charge is 2.02. The van der Waals surface area contributed by atoms with Gasteiger partial charge in [0.2, 0.25) is 0 Å². The number of sulfonamides is 1. The molecule has 0 aliphatic heterocycles. The lowest BCUT2D eigenvalue weighted by atomic mass is 10.1. The average molecular weight is 282 g/mol. The van der Waals surface area contributed by atoms with Crippen molar-refractivity contribution in [3.63, 3.8) is 0 Å². The van der Waals surface area contributed by atoms with Crippen molar-refractivity contribution in [2.45, 2.75) is 37.0 Å². The molecule has 0 radical (unpaired) electrons. The average Bonchev–Trinajstić information content (AvgIpc) is 2.37. The maximum atomic E-state index is 11.1. The summed E-state index contributed by atoms with van der Waals surface area (Å²) in [6.07, 6.45) is 7.29. The van der Waals surface area contributed by atoms with Gasteiger partial charge in [-0.3, -0.25) is 0 Å². The van der Waals surface area contributed by atoms with E-state index in [2.05, 4.69) is 6.58 Å². The van der Waals surface area contributed by atoms with Gasteiger partial charge in [-0.2, -0.15) is 0 Å². The number of benzene rings is 1. The fraction of sp³-hybridized carbons (Fsp3) is 0.429. The normalized spacial score (nSPS) is 11.2. The molecule has 0 aliphatic carbocycles. The molecule has 0 amide bonds. The maximum Gasteiger partial charge on any atom is 0.120 e. The molecular formula is C14H20NO3S-. The van der Waals surface area contributed by atoms with E-state index in [4.69, 9.17) is 9.88 Å². The molecule has 1 aromatic carbocycles. The summed E-state index contributed by atoms with van der Waals surface area (Å²) >= 11 is 0. The van der Waals surface area contributed by atoms with Crippen molar-refractivity contribution in [1.29, 1.82) is 0 Å². The van der Waals surface area contributed by atoms with Crippen LogP contribution in [0.1, 0.15) is 32.1 Å². The van der Waals surface area contributed by atoms with Crippen molar-refractivity contribution in [3.8, 4) is 5.75 Å². The van der Waals surface area contributed by atoms with Crippen molar-refractivity contribution in [3.05, 3.63) is 42.1 Å². The number of ether oxygens (including phenoxy) is 1. The van der Waals surface area contributed by atoms with Crippen molar-refractivity contribution in [2.24, 2.45) is 0 Å². The van der Waals surface area contributed by atoms with E-state index >= 15 is 0 Å². The van der Waals surface area contributed by atoms with Crippen LogP contribution < -0.4 is 4.74 Å². The van der Waals surface area contributed by atoms with E-state index in [0.717, 1.165) is 32.1 Å². The van der Waals surface area contributed by atoms with Gasteiger partial charge in [0, 0.05) is 0 Å². The molecule has 1 N–H and O–H groups in total. The molecule has 19 heavy (non-hydrogen) atoms. The highest BCUT2D eigenvalue weighted by Crippen LogP contribution is 2.19. The van der Waals surface area contributed by atoms with Gasteiger partial charge in [0.15, 0.2) is 0 Å². The van der Waals surface area contributed by atoms with Crippen molar-refractivity contribution in [1.82, 2.24) is 0 Å². The SMILES string of the molecule is C=CCCCCCCOc1cccc(S([NH-])(=O)=O)c1. The van der Waals surface area contributed by atoms with Crippen molar-refractivity contribution >= 4 is 10.0 Å². The Balaban J connectivity index is 2.32. The van der Waals surface area contributed by atoms with E-state index in [0.29, 0.717) is 12.4 Å². The summed E-state index contributed by atoms with van der Waals surface area (Å²) in [4.78, 5) is -0.0315. The topological polar surface area (TPSA) is 67.2 Å². The fourth-order valence-corrected chi connectivity index (χ4v) is 2.19. The summed E-state index contributed by atoms with van der Waals surface area (Å²) in [5, 5.41) is 6.99. The minimum Gasteiger partial charge on any atom is -0.560 e. The van der Waals surface area contributed by atoms with Gasteiger partial charge in [-0.05, 0) is 37.5 Å². The molecule has 0 spiro atoms. The van der Waals surface area contributed by atoms with Gasteiger partial charge in [-0.1, -0.05) is 25.0 Å². The van der Waals surface area contributed by atoms with Crippen LogP contribution in [0, 0.1) is 0 Å². The zero-order valence-electron chi connectivity index (χ0n) is 11.0. The van der Waals surface area contributed by atoms with Gasteiger partial charge in [0.1, 0.15) is 5.75 Å². The molecule has 0 atom stereocenters. The second-order valence-corrected chi connectivity index (χ2v) is 5.80. The number of unbranched alkanes of at least 4 members (excludes halogenated alkanes) is 4. The lowest BCUT2D eigenvalue weighted by molar-refractivity contribution is 0.304. The predicted molar refractivity (Wildman–Crippen MR) is 76.7 cm³/mol. The monoisotopic (exact) mass is 282 g/mol. The Morgan fingerprint density at radius 3 is 2.63 bits per heavy atom. The Kier molecular flexibility index (Phi) is 6.59. The van der Waals surface area contributed by atoms with Crippen LogP contribution in [-0.4, -0.2) is 15.0 Å². The predicted octanol–water partition coefficient (Wildman–Crippen LogP) is 3.94. The quantitative estimate of drug-likeness (QED) is 0.509. The zero-order chi connectivity index (χ0) is 14.1. The van der Waals surface area contributed by atoms with Crippen LogP contribution in [0.15, 0.2) is 41.8 Å². The molecule has 5 heteroatoms.